The predicted molar refractivity (Wildman–Crippen MR) is 90.7 cm³/mol. The highest BCUT2D eigenvalue weighted by Gasteiger charge is 2.55. The molecule has 132 valence electrons. The van der Waals surface area contributed by atoms with E-state index in [0.717, 1.165) is 37.1 Å². The molecule has 0 unspecified atom stereocenters. The lowest BCUT2D eigenvalue weighted by Crippen LogP contribution is -2.32. The number of ether oxygens (including phenoxy) is 1. The van der Waals surface area contributed by atoms with E-state index in [1.54, 1.807) is 12.4 Å². The number of rotatable bonds is 5. The molecule has 2 saturated carbocycles. The molecule has 0 bridgehead atoms. The summed E-state index contributed by atoms with van der Waals surface area (Å²) >= 11 is 0. The largest absolute Gasteiger partial charge is 0.475 e. The Morgan fingerprint density at radius 2 is 2.12 bits per heavy atom. The highest BCUT2D eigenvalue weighted by Crippen LogP contribution is 2.52. The molecule has 3 heterocycles. The van der Waals surface area contributed by atoms with Crippen LogP contribution in [0.25, 0.3) is 0 Å². The van der Waals surface area contributed by atoms with Gasteiger partial charge in [-0.2, -0.15) is 0 Å². The van der Waals surface area contributed by atoms with Crippen LogP contribution in [0.5, 0.6) is 5.88 Å². The van der Waals surface area contributed by atoms with E-state index in [4.69, 9.17) is 9.15 Å². The molecule has 25 heavy (non-hydrogen) atoms. The second kappa shape index (κ2) is 5.68. The lowest BCUT2D eigenvalue weighted by atomic mass is 9.80. The Morgan fingerprint density at radius 3 is 2.96 bits per heavy atom. The van der Waals surface area contributed by atoms with Gasteiger partial charge >= 0.3 is 0 Å². The van der Waals surface area contributed by atoms with E-state index < -0.39 is 0 Å². The van der Waals surface area contributed by atoms with Crippen molar-refractivity contribution in [3.8, 4) is 5.88 Å². The molecule has 2 aliphatic carbocycles. The normalized spacial score (nSPS) is 28.4. The van der Waals surface area contributed by atoms with Crippen LogP contribution in [0.3, 0.4) is 0 Å². The van der Waals surface area contributed by atoms with Crippen molar-refractivity contribution in [1.82, 2.24) is 20.2 Å². The van der Waals surface area contributed by atoms with Gasteiger partial charge in [0.15, 0.2) is 5.82 Å². The second-order valence-corrected chi connectivity index (χ2v) is 7.46. The summed E-state index contributed by atoms with van der Waals surface area (Å²) in [6.07, 6.45) is 9.30. The van der Waals surface area contributed by atoms with Crippen molar-refractivity contribution in [3.05, 3.63) is 24.2 Å². The molecule has 0 N–H and O–H groups in total. The Labute approximate surface area is 146 Å². The van der Waals surface area contributed by atoms with Crippen LogP contribution >= 0.6 is 0 Å². The van der Waals surface area contributed by atoms with E-state index in [1.807, 2.05) is 6.92 Å². The highest BCUT2D eigenvalue weighted by molar-refractivity contribution is 5.51. The number of aromatic nitrogens is 4. The van der Waals surface area contributed by atoms with Crippen LogP contribution in [-0.2, 0) is 5.41 Å². The minimum Gasteiger partial charge on any atom is -0.475 e. The van der Waals surface area contributed by atoms with Crippen molar-refractivity contribution >= 4 is 5.82 Å². The highest BCUT2D eigenvalue weighted by atomic mass is 16.5. The van der Waals surface area contributed by atoms with Gasteiger partial charge in [-0.3, -0.25) is 0 Å². The minimum atomic E-state index is -0.0405. The molecule has 7 nitrogen and oxygen atoms in total. The molecular formula is C18H23N5O2. The molecule has 0 aromatic carbocycles. The van der Waals surface area contributed by atoms with Crippen LogP contribution in [-0.4, -0.2) is 39.9 Å². The predicted octanol–water partition coefficient (Wildman–Crippen LogP) is 2.69. The fraction of sp³-hybridized carbons (Fsp3) is 0.667. The number of fused-ring (bicyclic) bond motifs is 1. The first-order chi connectivity index (χ1) is 12.3. The molecule has 0 spiro atoms. The first-order valence-corrected chi connectivity index (χ1v) is 9.33. The molecule has 2 aromatic rings. The fourth-order valence-electron chi connectivity index (χ4n) is 4.50. The molecule has 7 heteroatoms. The Morgan fingerprint density at radius 1 is 1.24 bits per heavy atom. The Balaban J connectivity index is 1.47. The zero-order valence-corrected chi connectivity index (χ0v) is 14.5. The standard InChI is InChI=1S/C18H23N5O2/c1-2-24-16-14(19-8-9-20-16)23-10-13-4-3-7-18(13,11-23)17-22-21-15(25-17)12-5-6-12/h8-9,12-13H,2-7,10-11H2,1H3/t13-,18-/m0/s1. The summed E-state index contributed by atoms with van der Waals surface area (Å²) in [6.45, 7) is 4.35. The van der Waals surface area contributed by atoms with E-state index >= 15 is 0 Å². The van der Waals surface area contributed by atoms with Crippen LogP contribution < -0.4 is 9.64 Å². The maximum absolute atomic E-state index is 6.14. The van der Waals surface area contributed by atoms with Gasteiger partial charge in [-0.15, -0.1) is 10.2 Å². The Bertz CT molecular complexity index is 774. The summed E-state index contributed by atoms with van der Waals surface area (Å²) in [7, 11) is 0. The lowest BCUT2D eigenvalue weighted by molar-refractivity contribution is 0.296. The van der Waals surface area contributed by atoms with Crippen molar-refractivity contribution in [3.63, 3.8) is 0 Å². The third-order valence-corrected chi connectivity index (χ3v) is 5.89. The van der Waals surface area contributed by atoms with Crippen LogP contribution in [0.4, 0.5) is 5.82 Å². The maximum atomic E-state index is 6.14. The van der Waals surface area contributed by atoms with E-state index in [0.29, 0.717) is 24.3 Å². The van der Waals surface area contributed by atoms with Gasteiger partial charge in [-0.25, -0.2) is 9.97 Å². The van der Waals surface area contributed by atoms with Gasteiger partial charge in [0.2, 0.25) is 11.8 Å². The fourth-order valence-corrected chi connectivity index (χ4v) is 4.50. The van der Waals surface area contributed by atoms with Crippen LogP contribution in [0.2, 0.25) is 0 Å². The molecule has 1 aliphatic heterocycles. The van der Waals surface area contributed by atoms with E-state index in [2.05, 4.69) is 25.1 Å². The van der Waals surface area contributed by atoms with Gasteiger partial charge in [-0.05, 0) is 38.5 Å². The van der Waals surface area contributed by atoms with Crippen molar-refractivity contribution in [1.29, 1.82) is 0 Å². The van der Waals surface area contributed by atoms with Gasteiger partial charge in [0.25, 0.3) is 5.88 Å². The van der Waals surface area contributed by atoms with Crippen molar-refractivity contribution < 1.29 is 9.15 Å². The number of hydrogen-bond acceptors (Lipinski definition) is 7. The monoisotopic (exact) mass is 341 g/mol. The van der Waals surface area contributed by atoms with Gasteiger partial charge in [0.1, 0.15) is 0 Å². The average Bonchev–Trinajstić information content (AvgIpc) is 3.05. The molecule has 0 amide bonds. The third-order valence-electron chi connectivity index (χ3n) is 5.89. The smallest absolute Gasteiger partial charge is 0.257 e. The van der Waals surface area contributed by atoms with Gasteiger partial charge in [0, 0.05) is 31.4 Å². The van der Waals surface area contributed by atoms with Crippen LogP contribution in [0, 0.1) is 5.92 Å². The summed E-state index contributed by atoms with van der Waals surface area (Å²) in [5.74, 6) is 4.14. The molecule has 2 atom stereocenters. The zero-order chi connectivity index (χ0) is 16.9. The summed E-state index contributed by atoms with van der Waals surface area (Å²) in [6, 6.07) is 0. The van der Waals surface area contributed by atoms with Crippen LogP contribution in [0.15, 0.2) is 16.8 Å². The van der Waals surface area contributed by atoms with Crippen molar-refractivity contribution in [2.75, 3.05) is 24.6 Å². The first kappa shape index (κ1) is 15.1. The summed E-state index contributed by atoms with van der Waals surface area (Å²) in [4.78, 5) is 11.2. The Hall–Kier alpha value is -2.18. The molecular weight excluding hydrogens is 318 g/mol. The summed E-state index contributed by atoms with van der Waals surface area (Å²) in [5.41, 5.74) is -0.0405. The molecule has 0 radical (unpaired) electrons. The van der Waals surface area contributed by atoms with Crippen molar-refractivity contribution in [2.24, 2.45) is 5.92 Å². The Kier molecular flexibility index (Phi) is 3.43. The third kappa shape index (κ3) is 2.40. The van der Waals surface area contributed by atoms with Crippen LogP contribution in [0.1, 0.15) is 56.7 Å². The van der Waals surface area contributed by atoms with Crippen molar-refractivity contribution in [2.45, 2.75) is 50.4 Å². The minimum absolute atomic E-state index is 0.0405. The number of anilines is 1. The van der Waals surface area contributed by atoms with Gasteiger partial charge in [0.05, 0.1) is 12.0 Å². The van der Waals surface area contributed by atoms with E-state index in [9.17, 15) is 0 Å². The summed E-state index contributed by atoms with van der Waals surface area (Å²) in [5, 5.41) is 8.80. The zero-order valence-electron chi connectivity index (χ0n) is 14.5. The van der Waals surface area contributed by atoms with Gasteiger partial charge in [-0.1, -0.05) is 6.42 Å². The molecule has 5 rings (SSSR count). The average molecular weight is 341 g/mol. The molecule has 3 aliphatic rings. The quantitative estimate of drug-likeness (QED) is 0.827. The van der Waals surface area contributed by atoms with E-state index in [-0.39, 0.29) is 5.41 Å². The maximum Gasteiger partial charge on any atom is 0.257 e. The SMILES string of the molecule is CCOc1nccnc1N1C[C@@H]2CCC[C@]2(c2nnc(C3CC3)o2)C1. The lowest BCUT2D eigenvalue weighted by Gasteiger charge is -2.25. The number of hydrogen-bond donors (Lipinski definition) is 0. The van der Waals surface area contributed by atoms with Gasteiger partial charge < -0.3 is 14.1 Å². The van der Waals surface area contributed by atoms with E-state index in [1.165, 1.54) is 25.7 Å². The second-order valence-electron chi connectivity index (χ2n) is 7.46. The molecule has 3 fully saturated rings. The first-order valence-electron chi connectivity index (χ1n) is 9.33. The topological polar surface area (TPSA) is 77.2 Å². The number of nitrogens with zero attached hydrogens (tertiary/aromatic N) is 5. The molecule has 2 aromatic heterocycles. The molecule has 1 saturated heterocycles. The summed E-state index contributed by atoms with van der Waals surface area (Å²) < 4.78 is 11.8.